The lowest BCUT2D eigenvalue weighted by molar-refractivity contribution is -0.193. The largest absolute Gasteiger partial charge is 0.370 e. The summed E-state index contributed by atoms with van der Waals surface area (Å²) in [5.41, 5.74) is -1.75. The number of rotatable bonds is 3. The number of urea groups is 1. The maximum Gasteiger partial charge on any atom is 0.315 e. The van der Waals surface area contributed by atoms with Crippen LogP contribution in [0.3, 0.4) is 0 Å². The second-order valence-corrected chi connectivity index (χ2v) is 10.7. The van der Waals surface area contributed by atoms with Crippen LogP contribution in [0.4, 0.5) is 4.79 Å². The third-order valence-corrected chi connectivity index (χ3v) is 6.69. The molecule has 0 saturated carbocycles. The summed E-state index contributed by atoms with van der Waals surface area (Å²) in [6.07, 6.45) is 1.51. The fourth-order valence-corrected chi connectivity index (χ4v) is 5.44. The second kappa shape index (κ2) is 5.56. The Morgan fingerprint density at radius 1 is 1.15 bits per heavy atom. The van der Waals surface area contributed by atoms with Gasteiger partial charge in [0.15, 0.2) is 0 Å². The second-order valence-electron chi connectivity index (χ2n) is 10.7. The molecule has 7 nitrogen and oxygen atoms in total. The SMILES string of the molecule is CC1(C)CC(NC(=O)NC2CC(C)(C)N(O)C2(C)C)(C2CO2)C(C)(C)N1. The molecule has 3 saturated heterocycles. The molecule has 0 radical (unpaired) electrons. The summed E-state index contributed by atoms with van der Waals surface area (Å²) in [5.74, 6) is 0. The highest BCUT2D eigenvalue weighted by molar-refractivity contribution is 5.76. The van der Waals surface area contributed by atoms with Crippen molar-refractivity contribution in [3.05, 3.63) is 0 Å². The summed E-state index contributed by atoms with van der Waals surface area (Å²) in [7, 11) is 0. The van der Waals surface area contributed by atoms with Gasteiger partial charge in [-0.15, -0.1) is 0 Å². The van der Waals surface area contributed by atoms with Gasteiger partial charge in [0.25, 0.3) is 0 Å². The quantitative estimate of drug-likeness (QED) is 0.572. The van der Waals surface area contributed by atoms with E-state index >= 15 is 0 Å². The van der Waals surface area contributed by atoms with Crippen molar-refractivity contribution in [2.75, 3.05) is 6.61 Å². The first-order chi connectivity index (χ1) is 11.6. The zero-order valence-corrected chi connectivity index (χ0v) is 17.5. The monoisotopic (exact) mass is 368 g/mol. The van der Waals surface area contributed by atoms with Gasteiger partial charge in [-0.05, 0) is 68.2 Å². The van der Waals surface area contributed by atoms with E-state index in [1.165, 1.54) is 5.06 Å². The highest BCUT2D eigenvalue weighted by atomic mass is 16.6. The van der Waals surface area contributed by atoms with Crippen molar-refractivity contribution in [1.82, 2.24) is 21.0 Å². The van der Waals surface area contributed by atoms with Gasteiger partial charge in [0.1, 0.15) is 6.10 Å². The average molecular weight is 369 g/mol. The van der Waals surface area contributed by atoms with Crippen LogP contribution in [0.1, 0.15) is 68.2 Å². The van der Waals surface area contributed by atoms with Crippen LogP contribution in [-0.4, -0.2) is 62.7 Å². The average Bonchev–Trinajstić information content (AvgIpc) is 3.22. The van der Waals surface area contributed by atoms with Crippen molar-refractivity contribution in [1.29, 1.82) is 0 Å². The number of carbonyl (C=O) groups is 1. The van der Waals surface area contributed by atoms with Gasteiger partial charge in [0, 0.05) is 16.6 Å². The van der Waals surface area contributed by atoms with Crippen molar-refractivity contribution < 1.29 is 14.7 Å². The van der Waals surface area contributed by atoms with Crippen LogP contribution in [0, 0.1) is 0 Å². The minimum Gasteiger partial charge on any atom is -0.370 e. The molecule has 3 rings (SSSR count). The zero-order valence-electron chi connectivity index (χ0n) is 17.5. The Kier molecular flexibility index (Phi) is 4.25. The van der Waals surface area contributed by atoms with Crippen molar-refractivity contribution in [3.8, 4) is 0 Å². The minimum atomic E-state index is -0.535. The van der Waals surface area contributed by atoms with Crippen LogP contribution in [0.2, 0.25) is 0 Å². The lowest BCUT2D eigenvalue weighted by Gasteiger charge is -2.41. The molecule has 3 unspecified atom stereocenters. The molecule has 3 atom stereocenters. The van der Waals surface area contributed by atoms with Gasteiger partial charge < -0.3 is 25.9 Å². The van der Waals surface area contributed by atoms with E-state index in [1.807, 2.05) is 27.7 Å². The molecule has 7 heteroatoms. The van der Waals surface area contributed by atoms with Crippen molar-refractivity contribution in [3.63, 3.8) is 0 Å². The van der Waals surface area contributed by atoms with E-state index in [9.17, 15) is 10.0 Å². The zero-order chi connectivity index (χ0) is 19.8. The van der Waals surface area contributed by atoms with E-state index in [0.29, 0.717) is 13.0 Å². The van der Waals surface area contributed by atoms with Crippen LogP contribution >= 0.6 is 0 Å². The van der Waals surface area contributed by atoms with Crippen LogP contribution < -0.4 is 16.0 Å². The Labute approximate surface area is 157 Å². The lowest BCUT2D eigenvalue weighted by Crippen LogP contribution is -2.68. The molecule has 3 heterocycles. The summed E-state index contributed by atoms with van der Waals surface area (Å²) in [6.45, 7) is 17.1. The molecule has 3 aliphatic rings. The molecule has 3 fully saturated rings. The van der Waals surface area contributed by atoms with Crippen LogP contribution in [0.5, 0.6) is 0 Å². The molecule has 0 aromatic carbocycles. The molecule has 0 bridgehead atoms. The highest BCUT2D eigenvalue weighted by Gasteiger charge is 2.64. The number of hydrogen-bond acceptors (Lipinski definition) is 5. The van der Waals surface area contributed by atoms with Gasteiger partial charge in [-0.3, -0.25) is 0 Å². The Morgan fingerprint density at radius 3 is 2.12 bits per heavy atom. The third-order valence-electron chi connectivity index (χ3n) is 6.69. The predicted molar refractivity (Wildman–Crippen MR) is 100 cm³/mol. The van der Waals surface area contributed by atoms with Crippen molar-refractivity contribution >= 4 is 6.03 Å². The number of nitrogens with one attached hydrogen (secondary N) is 3. The Balaban J connectivity index is 1.77. The fraction of sp³-hybridized carbons (Fsp3) is 0.947. The third kappa shape index (κ3) is 3.03. The van der Waals surface area contributed by atoms with E-state index in [-0.39, 0.29) is 34.8 Å². The normalized spacial score (nSPS) is 39.6. The van der Waals surface area contributed by atoms with Crippen molar-refractivity contribution in [2.45, 2.75) is 108 Å². The molecule has 150 valence electrons. The topological polar surface area (TPSA) is 89.2 Å². The molecule has 0 aliphatic carbocycles. The maximum atomic E-state index is 13.0. The van der Waals surface area contributed by atoms with Crippen LogP contribution in [-0.2, 0) is 4.74 Å². The van der Waals surface area contributed by atoms with E-state index in [4.69, 9.17) is 4.74 Å². The standard InChI is InChI=1S/C19H36N4O3/c1-15(2)11-19(13-10-26-13,18(7,8)22-15)21-14(24)20-12-9-16(3,4)23(25)17(12,5)6/h12-13,22,25H,9-11H2,1-8H3,(H2,20,21,24). The number of hydrogen-bond donors (Lipinski definition) is 4. The number of epoxide rings is 1. The first kappa shape index (κ1) is 19.9. The highest BCUT2D eigenvalue weighted by Crippen LogP contribution is 2.46. The fourth-order valence-electron chi connectivity index (χ4n) is 5.44. The van der Waals surface area contributed by atoms with E-state index in [0.717, 1.165) is 6.42 Å². The minimum absolute atomic E-state index is 0.0277. The molecular weight excluding hydrogens is 332 g/mol. The molecule has 0 aromatic rings. The van der Waals surface area contributed by atoms with Gasteiger partial charge >= 0.3 is 6.03 Å². The van der Waals surface area contributed by atoms with E-state index < -0.39 is 11.1 Å². The van der Waals surface area contributed by atoms with E-state index in [2.05, 4.69) is 43.6 Å². The molecule has 2 amide bonds. The Morgan fingerprint density at radius 2 is 1.73 bits per heavy atom. The molecule has 0 spiro atoms. The summed E-state index contributed by atoms with van der Waals surface area (Å²) >= 11 is 0. The van der Waals surface area contributed by atoms with Gasteiger partial charge in [0.2, 0.25) is 0 Å². The summed E-state index contributed by atoms with van der Waals surface area (Å²) in [4.78, 5) is 13.0. The number of ether oxygens (including phenoxy) is 1. The first-order valence-corrected chi connectivity index (χ1v) is 9.62. The number of nitrogens with zero attached hydrogens (tertiary/aromatic N) is 1. The van der Waals surface area contributed by atoms with Crippen LogP contribution in [0.15, 0.2) is 0 Å². The number of carbonyl (C=O) groups excluding carboxylic acids is 1. The smallest absolute Gasteiger partial charge is 0.315 e. The molecule has 0 aromatic heterocycles. The molecule has 26 heavy (non-hydrogen) atoms. The summed E-state index contributed by atoms with van der Waals surface area (Å²) in [5, 5.41) is 21.9. The van der Waals surface area contributed by atoms with Gasteiger partial charge in [-0.1, -0.05) is 0 Å². The maximum absolute atomic E-state index is 13.0. The summed E-state index contributed by atoms with van der Waals surface area (Å²) < 4.78 is 5.66. The van der Waals surface area contributed by atoms with Gasteiger partial charge in [-0.2, -0.15) is 5.06 Å². The van der Waals surface area contributed by atoms with E-state index in [1.54, 1.807) is 0 Å². The van der Waals surface area contributed by atoms with Crippen LogP contribution in [0.25, 0.3) is 0 Å². The van der Waals surface area contributed by atoms with Gasteiger partial charge in [-0.25, -0.2) is 4.79 Å². The number of hydroxylamine groups is 2. The number of amides is 2. The molecule has 4 N–H and O–H groups in total. The first-order valence-electron chi connectivity index (χ1n) is 9.62. The van der Waals surface area contributed by atoms with Crippen molar-refractivity contribution in [2.24, 2.45) is 0 Å². The molecular formula is C19H36N4O3. The predicted octanol–water partition coefficient (Wildman–Crippen LogP) is 1.99. The Hall–Kier alpha value is -0.890. The molecule has 3 aliphatic heterocycles. The van der Waals surface area contributed by atoms with Gasteiger partial charge in [0.05, 0.1) is 23.7 Å². The summed E-state index contributed by atoms with van der Waals surface area (Å²) in [6, 6.07) is -0.345. The lowest BCUT2D eigenvalue weighted by atomic mass is 9.76. The Bertz CT molecular complexity index is 598.